The van der Waals surface area contributed by atoms with E-state index in [1.165, 1.54) is 0 Å². The molecule has 1 saturated heterocycles. The van der Waals surface area contributed by atoms with Gasteiger partial charge in [-0.2, -0.15) is 4.91 Å². The highest BCUT2D eigenvalue weighted by atomic mass is 19.3. The lowest BCUT2D eigenvalue weighted by molar-refractivity contribution is -0.300. The first-order chi connectivity index (χ1) is 15.2. The first-order valence-electron chi connectivity index (χ1n) is 11.8. The van der Waals surface area contributed by atoms with Crippen LogP contribution < -0.4 is 0 Å². The summed E-state index contributed by atoms with van der Waals surface area (Å²) in [6.07, 6.45) is -0.641. The summed E-state index contributed by atoms with van der Waals surface area (Å²) in [7, 11) is 5.48. The molecule has 0 saturated carbocycles. The molecule has 0 spiro atoms. The maximum absolute atomic E-state index is 15.4. The van der Waals surface area contributed by atoms with Crippen molar-refractivity contribution in [1.29, 1.82) is 0 Å². The molecule has 0 amide bonds. The molecule has 0 aromatic rings. The number of hydrogen-bond acceptors (Lipinski definition) is 7. The van der Waals surface area contributed by atoms with Gasteiger partial charge in [0.25, 0.3) is 8.05 Å². The Morgan fingerprint density at radius 2 is 1.44 bits per heavy atom. The first kappa shape index (κ1) is 29.4. The van der Waals surface area contributed by atoms with E-state index in [9.17, 15) is 4.91 Å². The van der Waals surface area contributed by atoms with E-state index in [-0.39, 0.29) is 6.61 Å². The van der Waals surface area contributed by atoms with E-state index < -0.39 is 42.0 Å². The molecule has 0 unspecified atom stereocenters. The zero-order valence-corrected chi connectivity index (χ0v) is 20.2. The van der Waals surface area contributed by atoms with Crippen LogP contribution in [0, 0.1) is 4.91 Å². The smallest absolute Gasteiger partial charge is 0.303 e. The van der Waals surface area contributed by atoms with E-state index in [2.05, 4.69) is 5.18 Å². The number of nitroso groups, excluding NO2 is 1. The minimum Gasteiger partial charge on any atom is -0.440 e. The molecule has 1 aliphatic rings. The van der Waals surface area contributed by atoms with Crippen LogP contribution in [0.15, 0.2) is 5.18 Å². The molecule has 0 aliphatic carbocycles. The van der Waals surface area contributed by atoms with Crippen molar-refractivity contribution in [3.63, 3.8) is 0 Å². The summed E-state index contributed by atoms with van der Waals surface area (Å²) in [6.45, 7) is 9.41. The number of halogens is 2. The molecule has 1 heterocycles. The summed E-state index contributed by atoms with van der Waals surface area (Å²) in [5.74, 6) is -3.68. The molecule has 0 N–H and O–H groups in total. The van der Waals surface area contributed by atoms with Gasteiger partial charge in [-0.25, -0.2) is 8.78 Å². The highest BCUT2D eigenvalue weighted by molar-refractivity contribution is 5.98. The van der Waals surface area contributed by atoms with Crippen LogP contribution in [-0.2, 0) is 23.6 Å². The predicted octanol–water partition coefficient (Wildman–Crippen LogP) is 4.59. The molecule has 1 fully saturated rings. The SMILES string of the molecule is [B]O[C@@H]1[C@@H](OCCCC)[C@@H](OCCCC)[C@@H](COCCCC)O[C@H]1C(F)(F)C(C)(C)N=O. The first-order valence-corrected chi connectivity index (χ1v) is 11.8. The molecule has 1 aliphatic heterocycles. The Kier molecular flexibility index (Phi) is 13.4. The summed E-state index contributed by atoms with van der Waals surface area (Å²) in [5, 5.41) is 2.65. The third kappa shape index (κ3) is 7.69. The molecule has 0 aromatic heterocycles. The monoisotopic (exact) mass is 463 g/mol. The van der Waals surface area contributed by atoms with Crippen LogP contribution in [0.1, 0.15) is 73.1 Å². The van der Waals surface area contributed by atoms with Crippen LogP contribution in [0.2, 0.25) is 0 Å². The highest BCUT2D eigenvalue weighted by Crippen LogP contribution is 2.43. The summed E-state index contributed by atoms with van der Waals surface area (Å²) < 4.78 is 59.5. The molecule has 0 bridgehead atoms. The average molecular weight is 463 g/mol. The van der Waals surface area contributed by atoms with Gasteiger partial charge in [0, 0.05) is 19.8 Å². The fourth-order valence-corrected chi connectivity index (χ4v) is 3.46. The topological polar surface area (TPSA) is 75.6 Å². The van der Waals surface area contributed by atoms with Crippen molar-refractivity contribution in [2.75, 3.05) is 26.4 Å². The quantitative estimate of drug-likeness (QED) is 0.178. The Morgan fingerprint density at radius 3 is 1.94 bits per heavy atom. The van der Waals surface area contributed by atoms with Crippen LogP contribution in [0.5, 0.6) is 0 Å². The van der Waals surface area contributed by atoms with Crippen molar-refractivity contribution in [2.45, 2.75) is 115 Å². The van der Waals surface area contributed by atoms with E-state index in [0.717, 1.165) is 52.4 Å². The Bertz CT molecular complexity index is 529. The molecule has 186 valence electrons. The van der Waals surface area contributed by atoms with Crippen molar-refractivity contribution in [1.82, 2.24) is 0 Å². The number of hydrogen-bond donors (Lipinski definition) is 0. The molecule has 10 heteroatoms. The molecule has 7 nitrogen and oxygen atoms in total. The van der Waals surface area contributed by atoms with E-state index in [1.54, 1.807) is 0 Å². The third-order valence-corrected chi connectivity index (χ3v) is 5.73. The van der Waals surface area contributed by atoms with Crippen molar-refractivity contribution in [3.8, 4) is 0 Å². The van der Waals surface area contributed by atoms with Crippen LogP contribution in [0.3, 0.4) is 0 Å². The highest BCUT2D eigenvalue weighted by Gasteiger charge is 2.63. The van der Waals surface area contributed by atoms with Gasteiger partial charge in [-0.05, 0) is 33.1 Å². The van der Waals surface area contributed by atoms with Gasteiger partial charge in [-0.3, -0.25) is 0 Å². The number of unbranched alkanes of at least 4 members (excludes halogenated alkanes) is 3. The van der Waals surface area contributed by atoms with Crippen molar-refractivity contribution < 1.29 is 32.4 Å². The number of nitrogens with zero attached hydrogens (tertiary/aromatic N) is 1. The fourth-order valence-electron chi connectivity index (χ4n) is 3.46. The standard InChI is InChI=1S/C22H40BF2NO6/c1-6-9-12-28-15-16-17(29-13-10-7-2)18(30-14-11-8-3)19(32-23)20(31-16)22(24,25)21(4,5)26-27/h16-20H,6-15H2,1-5H3/t16-,17+,18+,19-,20-/m1/s1. The summed E-state index contributed by atoms with van der Waals surface area (Å²) in [5.41, 5.74) is -2.24. The second kappa shape index (κ2) is 14.6. The van der Waals surface area contributed by atoms with Gasteiger partial charge in [-0.1, -0.05) is 45.2 Å². The van der Waals surface area contributed by atoms with Gasteiger partial charge in [0.2, 0.25) is 0 Å². The van der Waals surface area contributed by atoms with Crippen LogP contribution in [0.4, 0.5) is 8.78 Å². The molecular weight excluding hydrogens is 423 g/mol. The van der Waals surface area contributed by atoms with Crippen molar-refractivity contribution >= 4 is 8.05 Å². The van der Waals surface area contributed by atoms with Gasteiger partial charge in [0.05, 0.1) is 6.61 Å². The summed E-state index contributed by atoms with van der Waals surface area (Å²) in [4.78, 5) is 11.2. The van der Waals surface area contributed by atoms with E-state index in [4.69, 9.17) is 31.7 Å². The maximum Gasteiger partial charge on any atom is 0.303 e. The number of rotatable bonds is 17. The largest absolute Gasteiger partial charge is 0.440 e. The second-order valence-electron chi connectivity index (χ2n) is 8.78. The Labute approximate surface area is 192 Å². The lowest BCUT2D eigenvalue weighted by Gasteiger charge is -2.49. The van der Waals surface area contributed by atoms with Gasteiger partial charge in [0.15, 0.2) is 11.6 Å². The third-order valence-electron chi connectivity index (χ3n) is 5.73. The zero-order valence-electron chi connectivity index (χ0n) is 20.2. The van der Waals surface area contributed by atoms with E-state index in [0.29, 0.717) is 19.8 Å². The van der Waals surface area contributed by atoms with Crippen LogP contribution in [-0.4, -0.2) is 76.5 Å². The predicted molar refractivity (Wildman–Crippen MR) is 119 cm³/mol. The van der Waals surface area contributed by atoms with Gasteiger partial charge < -0.3 is 23.6 Å². The summed E-state index contributed by atoms with van der Waals surface area (Å²) >= 11 is 0. The maximum atomic E-state index is 15.4. The molecule has 1 rings (SSSR count). The minimum atomic E-state index is -3.68. The van der Waals surface area contributed by atoms with E-state index >= 15 is 8.78 Å². The Balaban J connectivity index is 3.27. The van der Waals surface area contributed by atoms with Crippen LogP contribution >= 0.6 is 0 Å². The number of ether oxygens (including phenoxy) is 4. The minimum absolute atomic E-state index is 0.0449. The number of alkyl halides is 2. The average Bonchev–Trinajstić information content (AvgIpc) is 2.77. The lowest BCUT2D eigenvalue weighted by atomic mass is 9.83. The van der Waals surface area contributed by atoms with Crippen molar-refractivity contribution in [2.24, 2.45) is 5.18 Å². The second-order valence-corrected chi connectivity index (χ2v) is 8.78. The molecule has 0 aromatic carbocycles. The van der Waals surface area contributed by atoms with Crippen LogP contribution in [0.25, 0.3) is 0 Å². The molecular formula is C22H40BF2NO6. The normalized spacial score (nSPS) is 26.9. The molecule has 2 radical (unpaired) electrons. The van der Waals surface area contributed by atoms with E-state index in [1.807, 2.05) is 20.8 Å². The van der Waals surface area contributed by atoms with Gasteiger partial charge in [-0.15, -0.1) is 0 Å². The van der Waals surface area contributed by atoms with Crippen molar-refractivity contribution in [3.05, 3.63) is 4.91 Å². The Hall–Kier alpha value is -0.675. The van der Waals surface area contributed by atoms with Gasteiger partial charge in [0.1, 0.15) is 24.4 Å². The molecule has 5 atom stereocenters. The Morgan fingerprint density at radius 1 is 0.906 bits per heavy atom. The fraction of sp³-hybridized carbons (Fsp3) is 1.00. The van der Waals surface area contributed by atoms with Gasteiger partial charge >= 0.3 is 5.92 Å². The summed E-state index contributed by atoms with van der Waals surface area (Å²) in [6, 6.07) is 0. The lowest BCUT2D eigenvalue weighted by Crippen LogP contribution is -2.68. The zero-order chi connectivity index (χ0) is 24.2. The molecule has 32 heavy (non-hydrogen) atoms.